The number of hydrogen-bond donors (Lipinski definition) is 0. The van der Waals surface area contributed by atoms with Crippen molar-refractivity contribution in [2.45, 2.75) is 12.2 Å². The highest BCUT2D eigenvalue weighted by molar-refractivity contribution is 9.10. The lowest BCUT2D eigenvalue weighted by molar-refractivity contribution is -0.116. The monoisotopic (exact) mass is 361 g/mol. The van der Waals surface area contributed by atoms with Gasteiger partial charge in [0.1, 0.15) is 0 Å². The van der Waals surface area contributed by atoms with Crippen molar-refractivity contribution < 1.29 is 4.79 Å². The molecule has 2 aromatic carbocycles. The summed E-state index contributed by atoms with van der Waals surface area (Å²) in [5, 5.41) is 0. The molecule has 1 heterocycles. The van der Waals surface area contributed by atoms with Crippen molar-refractivity contribution in [3.63, 3.8) is 0 Å². The minimum atomic E-state index is 0.208. The van der Waals surface area contributed by atoms with E-state index in [1.807, 2.05) is 35.2 Å². The molecule has 0 aliphatic carbocycles. The van der Waals surface area contributed by atoms with Gasteiger partial charge in [-0.15, -0.1) is 11.8 Å². The summed E-state index contributed by atoms with van der Waals surface area (Å²) in [5.74, 6) is 1.60. The molecule has 0 atom stereocenters. The zero-order chi connectivity index (χ0) is 14.7. The summed E-state index contributed by atoms with van der Waals surface area (Å²) in [6.45, 7) is 0.815. The van der Waals surface area contributed by atoms with Crippen LogP contribution in [-0.2, 0) is 17.0 Å². The summed E-state index contributed by atoms with van der Waals surface area (Å²) in [4.78, 5) is 14.3. The highest BCUT2D eigenvalue weighted by Gasteiger charge is 2.23. The van der Waals surface area contributed by atoms with E-state index in [0.717, 1.165) is 28.9 Å². The van der Waals surface area contributed by atoms with E-state index in [-0.39, 0.29) is 5.91 Å². The van der Waals surface area contributed by atoms with E-state index in [1.165, 1.54) is 11.1 Å². The summed E-state index contributed by atoms with van der Waals surface area (Å²) >= 11 is 5.14. The summed E-state index contributed by atoms with van der Waals surface area (Å²) < 4.78 is 1.08. The summed E-state index contributed by atoms with van der Waals surface area (Å²) in [6.07, 6.45) is 0.970. The minimum absolute atomic E-state index is 0.208. The molecule has 0 saturated heterocycles. The summed E-state index contributed by atoms with van der Waals surface area (Å²) in [7, 11) is 0. The van der Waals surface area contributed by atoms with Crippen LogP contribution >= 0.6 is 27.7 Å². The maximum atomic E-state index is 12.4. The zero-order valence-electron chi connectivity index (χ0n) is 11.6. The molecule has 2 aromatic rings. The second-order valence-electron chi connectivity index (χ2n) is 5.05. The molecule has 21 heavy (non-hydrogen) atoms. The molecule has 0 aromatic heterocycles. The maximum Gasteiger partial charge on any atom is 0.237 e. The predicted octanol–water partition coefficient (Wildman–Crippen LogP) is 4.27. The lowest BCUT2D eigenvalue weighted by atomic mass is 10.2. The van der Waals surface area contributed by atoms with Gasteiger partial charge in [-0.2, -0.15) is 0 Å². The summed E-state index contributed by atoms with van der Waals surface area (Å²) in [6, 6.07) is 16.4. The Kier molecular flexibility index (Phi) is 4.66. The molecule has 0 saturated carbocycles. The van der Waals surface area contributed by atoms with Gasteiger partial charge in [-0.25, -0.2) is 0 Å². The van der Waals surface area contributed by atoms with Gasteiger partial charge in [0.25, 0.3) is 0 Å². The van der Waals surface area contributed by atoms with E-state index < -0.39 is 0 Å². The van der Waals surface area contributed by atoms with E-state index in [9.17, 15) is 4.79 Å². The van der Waals surface area contributed by atoms with Gasteiger partial charge in [0.2, 0.25) is 5.91 Å². The predicted molar refractivity (Wildman–Crippen MR) is 92.8 cm³/mol. The number of thioether (sulfide) groups is 1. The van der Waals surface area contributed by atoms with E-state index in [0.29, 0.717) is 5.75 Å². The van der Waals surface area contributed by atoms with E-state index >= 15 is 0 Å². The van der Waals surface area contributed by atoms with Gasteiger partial charge in [-0.3, -0.25) is 4.79 Å². The number of carbonyl (C=O) groups is 1. The Labute approximate surface area is 137 Å². The van der Waals surface area contributed by atoms with Crippen LogP contribution in [0.2, 0.25) is 0 Å². The van der Waals surface area contributed by atoms with Crippen LogP contribution in [0.5, 0.6) is 0 Å². The van der Waals surface area contributed by atoms with E-state index in [2.05, 4.69) is 34.1 Å². The highest BCUT2D eigenvalue weighted by Crippen LogP contribution is 2.28. The molecular formula is C17H16BrNOS. The molecule has 0 radical (unpaired) electrons. The third kappa shape index (κ3) is 3.50. The lowest BCUT2D eigenvalue weighted by Crippen LogP contribution is -2.30. The minimum Gasteiger partial charge on any atom is -0.311 e. The second kappa shape index (κ2) is 6.67. The Morgan fingerprint density at radius 1 is 1.19 bits per heavy atom. The first kappa shape index (κ1) is 14.7. The Bertz CT molecular complexity index is 659. The van der Waals surface area contributed by atoms with Crippen LogP contribution in [0.4, 0.5) is 5.69 Å². The first-order valence-corrected chi connectivity index (χ1v) is 8.89. The number of benzene rings is 2. The Balaban J connectivity index is 1.56. The number of nitrogens with zero attached hydrogens (tertiary/aromatic N) is 1. The average molecular weight is 362 g/mol. The SMILES string of the molecule is O=C(CSCc1cccc(Br)c1)N1CCc2ccccc21. The molecule has 0 N–H and O–H groups in total. The molecule has 1 aliphatic rings. The van der Waals surface area contributed by atoms with Crippen molar-refractivity contribution in [1.29, 1.82) is 0 Å². The van der Waals surface area contributed by atoms with Gasteiger partial charge in [-0.1, -0.05) is 46.3 Å². The average Bonchev–Trinajstić information content (AvgIpc) is 2.91. The number of amides is 1. The van der Waals surface area contributed by atoms with Gasteiger partial charge >= 0.3 is 0 Å². The number of halogens is 1. The number of anilines is 1. The maximum absolute atomic E-state index is 12.4. The number of fused-ring (bicyclic) bond motifs is 1. The van der Waals surface area contributed by atoms with Gasteiger partial charge in [-0.05, 0) is 35.7 Å². The topological polar surface area (TPSA) is 20.3 Å². The van der Waals surface area contributed by atoms with Crippen molar-refractivity contribution in [1.82, 2.24) is 0 Å². The molecule has 108 valence electrons. The van der Waals surface area contributed by atoms with Gasteiger partial charge in [0, 0.05) is 22.5 Å². The van der Waals surface area contributed by atoms with Crippen molar-refractivity contribution in [3.05, 3.63) is 64.1 Å². The van der Waals surface area contributed by atoms with Crippen LogP contribution in [0.3, 0.4) is 0 Å². The fourth-order valence-electron chi connectivity index (χ4n) is 2.56. The van der Waals surface area contributed by atoms with E-state index in [4.69, 9.17) is 0 Å². The number of para-hydroxylation sites is 1. The fraction of sp³-hybridized carbons (Fsp3) is 0.235. The highest BCUT2D eigenvalue weighted by atomic mass is 79.9. The molecule has 1 aliphatic heterocycles. The van der Waals surface area contributed by atoms with Crippen molar-refractivity contribution in [2.24, 2.45) is 0 Å². The standard InChI is InChI=1S/C17H16BrNOS/c18-15-6-3-4-13(10-15)11-21-12-17(20)19-9-8-14-5-1-2-7-16(14)19/h1-7,10H,8-9,11-12H2. The molecule has 1 amide bonds. The van der Waals surface area contributed by atoms with Crippen LogP contribution < -0.4 is 4.90 Å². The molecular weight excluding hydrogens is 346 g/mol. The summed E-state index contributed by atoms with van der Waals surface area (Å²) in [5.41, 5.74) is 3.61. The second-order valence-corrected chi connectivity index (χ2v) is 6.95. The fourth-order valence-corrected chi connectivity index (χ4v) is 3.85. The molecule has 0 unspecified atom stereocenters. The first-order valence-electron chi connectivity index (χ1n) is 6.94. The first-order chi connectivity index (χ1) is 10.2. The van der Waals surface area contributed by atoms with Gasteiger partial charge in [0.15, 0.2) is 0 Å². The molecule has 2 nitrogen and oxygen atoms in total. The van der Waals surface area contributed by atoms with Crippen LogP contribution in [0.25, 0.3) is 0 Å². The van der Waals surface area contributed by atoms with Gasteiger partial charge in [0.05, 0.1) is 5.75 Å². The van der Waals surface area contributed by atoms with Crippen LogP contribution in [-0.4, -0.2) is 18.2 Å². The van der Waals surface area contributed by atoms with Crippen molar-refractivity contribution in [3.8, 4) is 0 Å². The van der Waals surface area contributed by atoms with Gasteiger partial charge < -0.3 is 4.90 Å². The number of rotatable bonds is 4. The smallest absolute Gasteiger partial charge is 0.237 e. The van der Waals surface area contributed by atoms with Crippen LogP contribution in [0, 0.1) is 0 Å². The molecule has 0 spiro atoms. The molecule has 3 rings (SSSR count). The van der Waals surface area contributed by atoms with Crippen LogP contribution in [0.15, 0.2) is 53.0 Å². The zero-order valence-corrected chi connectivity index (χ0v) is 14.0. The third-order valence-electron chi connectivity index (χ3n) is 3.57. The number of hydrogen-bond acceptors (Lipinski definition) is 2. The third-order valence-corrected chi connectivity index (χ3v) is 5.05. The number of carbonyl (C=O) groups excluding carboxylic acids is 1. The Morgan fingerprint density at radius 2 is 2.05 bits per heavy atom. The lowest BCUT2D eigenvalue weighted by Gasteiger charge is -2.17. The van der Waals surface area contributed by atoms with Crippen molar-refractivity contribution >= 4 is 39.3 Å². The Morgan fingerprint density at radius 3 is 2.90 bits per heavy atom. The molecule has 4 heteroatoms. The largest absolute Gasteiger partial charge is 0.311 e. The van der Waals surface area contributed by atoms with E-state index in [1.54, 1.807) is 11.8 Å². The molecule has 0 fully saturated rings. The molecule has 0 bridgehead atoms. The quantitative estimate of drug-likeness (QED) is 0.810. The Hall–Kier alpha value is -1.26. The van der Waals surface area contributed by atoms with Crippen LogP contribution in [0.1, 0.15) is 11.1 Å². The van der Waals surface area contributed by atoms with Crippen molar-refractivity contribution in [2.75, 3.05) is 17.2 Å². The normalized spacial score (nSPS) is 13.3.